The highest BCUT2D eigenvalue weighted by molar-refractivity contribution is 5.96. The Morgan fingerprint density at radius 3 is 2.35 bits per heavy atom. The number of carbonyl (C=O) groups is 2. The van der Waals surface area contributed by atoms with Crippen molar-refractivity contribution in [1.82, 2.24) is 4.90 Å². The van der Waals surface area contributed by atoms with Crippen LogP contribution in [-0.4, -0.2) is 43.2 Å². The molecule has 0 spiro atoms. The number of methoxy groups -OCH3 is 2. The Morgan fingerprint density at radius 1 is 1.25 bits per heavy atom. The molecule has 0 heterocycles. The van der Waals surface area contributed by atoms with Gasteiger partial charge in [0, 0.05) is 13.6 Å². The van der Waals surface area contributed by atoms with Gasteiger partial charge in [-0.15, -0.1) is 0 Å². The third-order valence-corrected chi connectivity index (χ3v) is 2.61. The molecule has 0 bridgehead atoms. The largest absolute Gasteiger partial charge is 0.502 e. The Bertz CT molecular complexity index is 507. The lowest BCUT2D eigenvalue weighted by molar-refractivity contribution is -0.139. The van der Waals surface area contributed by atoms with Crippen LogP contribution in [0.1, 0.15) is 5.56 Å². The molecule has 0 fully saturated rings. The van der Waals surface area contributed by atoms with Crippen LogP contribution < -0.4 is 4.74 Å². The van der Waals surface area contributed by atoms with Gasteiger partial charge in [0.25, 0.3) is 5.91 Å². The molecule has 1 N–H and O–H groups in total. The van der Waals surface area contributed by atoms with Crippen molar-refractivity contribution in [2.75, 3.05) is 21.3 Å². The van der Waals surface area contributed by atoms with Crippen LogP contribution in [0.15, 0.2) is 36.1 Å². The first-order valence-electron chi connectivity index (χ1n) is 5.85. The van der Waals surface area contributed by atoms with Gasteiger partial charge in [-0.05, 0) is 17.7 Å². The summed E-state index contributed by atoms with van der Waals surface area (Å²) in [6.45, 7) is 0.341. The summed E-state index contributed by atoms with van der Waals surface area (Å²) in [5.41, 5.74) is 0.896. The molecule has 20 heavy (non-hydrogen) atoms. The summed E-state index contributed by atoms with van der Waals surface area (Å²) in [5.74, 6) is -1.44. The van der Waals surface area contributed by atoms with Gasteiger partial charge < -0.3 is 19.5 Å². The highest BCUT2D eigenvalue weighted by atomic mass is 16.5. The van der Waals surface area contributed by atoms with E-state index in [1.807, 2.05) is 12.1 Å². The number of nitrogens with zero attached hydrogens (tertiary/aromatic N) is 1. The number of carbonyl (C=O) groups excluding carboxylic acids is 2. The fourth-order valence-electron chi connectivity index (χ4n) is 1.47. The monoisotopic (exact) mass is 279 g/mol. The van der Waals surface area contributed by atoms with Crippen LogP contribution in [0.3, 0.4) is 0 Å². The predicted molar refractivity (Wildman–Crippen MR) is 72.2 cm³/mol. The summed E-state index contributed by atoms with van der Waals surface area (Å²) >= 11 is 0. The zero-order valence-electron chi connectivity index (χ0n) is 11.6. The van der Waals surface area contributed by atoms with E-state index in [1.165, 1.54) is 4.90 Å². The smallest absolute Gasteiger partial charge is 0.373 e. The number of rotatable bonds is 5. The van der Waals surface area contributed by atoms with Crippen LogP contribution >= 0.6 is 0 Å². The van der Waals surface area contributed by atoms with Gasteiger partial charge in [0.2, 0.25) is 5.76 Å². The topological polar surface area (TPSA) is 76.1 Å². The van der Waals surface area contributed by atoms with Crippen molar-refractivity contribution in [2.24, 2.45) is 0 Å². The van der Waals surface area contributed by atoms with Crippen LogP contribution in [0.4, 0.5) is 0 Å². The van der Waals surface area contributed by atoms with Gasteiger partial charge in [-0.3, -0.25) is 4.79 Å². The first kappa shape index (κ1) is 15.6. The van der Waals surface area contributed by atoms with E-state index in [2.05, 4.69) is 4.74 Å². The Morgan fingerprint density at radius 2 is 1.85 bits per heavy atom. The van der Waals surface area contributed by atoms with E-state index in [9.17, 15) is 14.7 Å². The van der Waals surface area contributed by atoms with E-state index in [1.54, 1.807) is 26.3 Å². The van der Waals surface area contributed by atoms with Crippen molar-refractivity contribution in [3.8, 4) is 5.75 Å². The average molecular weight is 279 g/mol. The number of aliphatic hydroxyl groups excluding tert-OH is 1. The van der Waals surface area contributed by atoms with Crippen molar-refractivity contribution in [1.29, 1.82) is 0 Å². The molecule has 0 aliphatic heterocycles. The lowest BCUT2D eigenvalue weighted by atomic mass is 10.2. The maximum absolute atomic E-state index is 11.8. The summed E-state index contributed by atoms with van der Waals surface area (Å²) in [4.78, 5) is 24.1. The minimum atomic E-state index is -0.948. The molecule has 0 radical (unpaired) electrons. The SMILES string of the molecule is COC(=O)C(O)=CC(=O)N(C)Cc1ccc(OC)cc1. The Balaban J connectivity index is 2.67. The second-order valence-electron chi connectivity index (χ2n) is 4.06. The van der Waals surface area contributed by atoms with Crippen LogP contribution in [-0.2, 0) is 20.9 Å². The van der Waals surface area contributed by atoms with E-state index < -0.39 is 17.6 Å². The van der Waals surface area contributed by atoms with E-state index in [0.717, 1.165) is 24.5 Å². The van der Waals surface area contributed by atoms with Crippen LogP contribution in [0, 0.1) is 0 Å². The number of hydrogen-bond donors (Lipinski definition) is 1. The maximum Gasteiger partial charge on any atom is 0.373 e. The van der Waals surface area contributed by atoms with Crippen molar-refractivity contribution < 1.29 is 24.2 Å². The average Bonchev–Trinajstić information content (AvgIpc) is 2.46. The highest BCUT2D eigenvalue weighted by Crippen LogP contribution is 2.12. The molecular weight excluding hydrogens is 262 g/mol. The molecule has 1 rings (SSSR count). The predicted octanol–water partition coefficient (Wildman–Crippen LogP) is 1.27. The van der Waals surface area contributed by atoms with Crippen LogP contribution in [0.2, 0.25) is 0 Å². The number of esters is 1. The third-order valence-electron chi connectivity index (χ3n) is 2.61. The molecule has 0 aliphatic rings. The molecular formula is C14H17NO5. The fourth-order valence-corrected chi connectivity index (χ4v) is 1.47. The summed E-state index contributed by atoms with van der Waals surface area (Å²) in [6.07, 6.45) is 0.829. The van der Waals surface area contributed by atoms with Crippen LogP contribution in [0.25, 0.3) is 0 Å². The molecule has 0 saturated heterocycles. The third kappa shape index (κ3) is 4.31. The fraction of sp³-hybridized carbons (Fsp3) is 0.286. The standard InChI is InChI=1S/C14H17NO5/c1-15(13(17)8-12(16)14(18)20-3)9-10-4-6-11(19-2)7-5-10/h4-8,16H,9H2,1-3H3. The summed E-state index contributed by atoms with van der Waals surface area (Å²) in [5, 5.41) is 9.29. The number of benzene rings is 1. The zero-order chi connectivity index (χ0) is 15.1. The van der Waals surface area contributed by atoms with E-state index in [0.29, 0.717) is 6.54 Å². The number of amides is 1. The molecule has 1 aromatic rings. The Hall–Kier alpha value is -2.50. The Labute approximate surface area is 117 Å². The van der Waals surface area contributed by atoms with Crippen molar-refractivity contribution in [3.05, 3.63) is 41.7 Å². The van der Waals surface area contributed by atoms with Gasteiger partial charge in [0.1, 0.15) is 5.75 Å². The van der Waals surface area contributed by atoms with Crippen molar-refractivity contribution >= 4 is 11.9 Å². The molecule has 0 saturated carbocycles. The maximum atomic E-state index is 11.8. The molecule has 0 aliphatic carbocycles. The number of hydrogen-bond acceptors (Lipinski definition) is 5. The first-order valence-corrected chi connectivity index (χ1v) is 5.85. The Kier molecular flexibility index (Phi) is 5.58. The normalized spacial score (nSPS) is 10.8. The van der Waals surface area contributed by atoms with Crippen LogP contribution in [0.5, 0.6) is 5.75 Å². The van der Waals surface area contributed by atoms with E-state index in [4.69, 9.17) is 4.74 Å². The quantitative estimate of drug-likeness (QED) is 0.499. The van der Waals surface area contributed by atoms with Crippen molar-refractivity contribution in [2.45, 2.75) is 6.54 Å². The molecule has 0 aromatic heterocycles. The second-order valence-corrected chi connectivity index (χ2v) is 4.06. The molecule has 108 valence electrons. The summed E-state index contributed by atoms with van der Waals surface area (Å²) < 4.78 is 9.33. The van der Waals surface area contributed by atoms with Gasteiger partial charge >= 0.3 is 5.97 Å². The summed E-state index contributed by atoms with van der Waals surface area (Å²) in [7, 11) is 4.26. The number of likely N-dealkylation sites (N-methyl/N-ethyl adjacent to an activating group) is 1. The van der Waals surface area contributed by atoms with Gasteiger partial charge in [0.15, 0.2) is 0 Å². The van der Waals surface area contributed by atoms with Gasteiger partial charge in [0.05, 0.1) is 20.3 Å². The van der Waals surface area contributed by atoms with Crippen molar-refractivity contribution in [3.63, 3.8) is 0 Å². The number of ether oxygens (including phenoxy) is 2. The highest BCUT2D eigenvalue weighted by Gasteiger charge is 2.13. The first-order chi connectivity index (χ1) is 9.47. The molecule has 6 heteroatoms. The minimum absolute atomic E-state index is 0.341. The van der Waals surface area contributed by atoms with Gasteiger partial charge in [-0.25, -0.2) is 4.79 Å². The van der Waals surface area contributed by atoms with E-state index in [-0.39, 0.29) is 0 Å². The lowest BCUT2D eigenvalue weighted by Gasteiger charge is -2.15. The molecule has 6 nitrogen and oxygen atoms in total. The second kappa shape index (κ2) is 7.18. The number of aliphatic hydroxyl groups is 1. The van der Waals surface area contributed by atoms with E-state index >= 15 is 0 Å². The summed E-state index contributed by atoms with van der Waals surface area (Å²) in [6, 6.07) is 7.23. The molecule has 1 aromatic carbocycles. The van der Waals surface area contributed by atoms with Gasteiger partial charge in [-0.1, -0.05) is 12.1 Å². The molecule has 0 unspecified atom stereocenters. The van der Waals surface area contributed by atoms with Gasteiger partial charge in [-0.2, -0.15) is 0 Å². The molecule has 0 atom stereocenters. The lowest BCUT2D eigenvalue weighted by Crippen LogP contribution is -2.25. The minimum Gasteiger partial charge on any atom is -0.502 e. The zero-order valence-corrected chi connectivity index (χ0v) is 11.6. The molecule has 1 amide bonds.